The molecule has 1 aromatic heterocycles. The van der Waals surface area contributed by atoms with Crippen molar-refractivity contribution < 1.29 is 4.79 Å². The van der Waals surface area contributed by atoms with Crippen LogP contribution in [-0.2, 0) is 6.54 Å². The van der Waals surface area contributed by atoms with E-state index in [1.807, 2.05) is 18.2 Å². The SMILES string of the molecule is O=C(CCN(Cc1ccsc1)C1CC1)c1ccccc1Cl. The minimum atomic E-state index is 0.136. The van der Waals surface area contributed by atoms with E-state index in [1.165, 1.54) is 18.4 Å². The second-order valence-electron chi connectivity index (χ2n) is 5.49. The third-order valence-corrected chi connectivity index (χ3v) is 4.89. The lowest BCUT2D eigenvalue weighted by molar-refractivity contribution is 0.0960. The first-order valence-corrected chi connectivity index (χ1v) is 8.59. The average molecular weight is 320 g/mol. The van der Waals surface area contributed by atoms with Crippen molar-refractivity contribution in [3.63, 3.8) is 0 Å². The number of halogens is 1. The fourth-order valence-electron chi connectivity index (χ4n) is 2.51. The van der Waals surface area contributed by atoms with Crippen LogP contribution in [0.2, 0.25) is 5.02 Å². The Kier molecular flexibility index (Phi) is 4.73. The molecule has 0 radical (unpaired) electrons. The van der Waals surface area contributed by atoms with E-state index in [2.05, 4.69) is 21.7 Å². The maximum Gasteiger partial charge on any atom is 0.165 e. The Morgan fingerprint density at radius 2 is 2.10 bits per heavy atom. The minimum absolute atomic E-state index is 0.136. The van der Waals surface area contributed by atoms with Gasteiger partial charge in [0, 0.05) is 31.1 Å². The van der Waals surface area contributed by atoms with Gasteiger partial charge in [-0.2, -0.15) is 11.3 Å². The van der Waals surface area contributed by atoms with Gasteiger partial charge in [0.2, 0.25) is 0 Å². The van der Waals surface area contributed by atoms with Crippen molar-refractivity contribution in [1.29, 1.82) is 0 Å². The number of ketones is 1. The van der Waals surface area contributed by atoms with Crippen molar-refractivity contribution in [2.24, 2.45) is 0 Å². The van der Waals surface area contributed by atoms with E-state index in [-0.39, 0.29) is 5.78 Å². The zero-order valence-corrected chi connectivity index (χ0v) is 13.4. The van der Waals surface area contributed by atoms with Gasteiger partial charge in [-0.1, -0.05) is 23.7 Å². The van der Waals surface area contributed by atoms with Crippen molar-refractivity contribution in [3.8, 4) is 0 Å². The predicted molar refractivity (Wildman–Crippen MR) is 88.2 cm³/mol. The van der Waals surface area contributed by atoms with Gasteiger partial charge in [0.05, 0.1) is 5.02 Å². The van der Waals surface area contributed by atoms with Crippen LogP contribution in [0.5, 0.6) is 0 Å². The summed E-state index contributed by atoms with van der Waals surface area (Å²) in [6, 6.07) is 10.1. The minimum Gasteiger partial charge on any atom is -0.296 e. The fraction of sp³-hybridized carbons (Fsp3) is 0.353. The summed E-state index contributed by atoms with van der Waals surface area (Å²) < 4.78 is 0. The quantitative estimate of drug-likeness (QED) is 0.693. The third kappa shape index (κ3) is 3.94. The van der Waals surface area contributed by atoms with Crippen LogP contribution < -0.4 is 0 Å². The summed E-state index contributed by atoms with van der Waals surface area (Å²) in [7, 11) is 0. The molecule has 0 spiro atoms. The highest BCUT2D eigenvalue weighted by Crippen LogP contribution is 2.29. The molecule has 1 aliphatic carbocycles. The predicted octanol–water partition coefficient (Wildman–Crippen LogP) is 4.64. The van der Waals surface area contributed by atoms with E-state index in [0.29, 0.717) is 23.0 Å². The largest absolute Gasteiger partial charge is 0.296 e. The van der Waals surface area contributed by atoms with Crippen molar-refractivity contribution in [3.05, 3.63) is 57.2 Å². The van der Waals surface area contributed by atoms with E-state index in [0.717, 1.165) is 13.1 Å². The van der Waals surface area contributed by atoms with Crippen LogP contribution in [0.15, 0.2) is 41.1 Å². The molecule has 0 unspecified atom stereocenters. The topological polar surface area (TPSA) is 20.3 Å². The summed E-state index contributed by atoms with van der Waals surface area (Å²) in [5.74, 6) is 0.136. The number of benzene rings is 1. The van der Waals surface area contributed by atoms with Crippen LogP contribution >= 0.6 is 22.9 Å². The van der Waals surface area contributed by atoms with Gasteiger partial charge in [-0.3, -0.25) is 9.69 Å². The lowest BCUT2D eigenvalue weighted by atomic mass is 10.1. The van der Waals surface area contributed by atoms with Crippen LogP contribution in [-0.4, -0.2) is 23.3 Å². The number of Topliss-reactive ketones (excluding diaryl/α,β-unsaturated/α-hetero) is 1. The number of thiophene rings is 1. The van der Waals surface area contributed by atoms with Gasteiger partial charge in [-0.25, -0.2) is 0 Å². The molecule has 0 atom stereocenters. The van der Waals surface area contributed by atoms with Crippen molar-refractivity contribution in [1.82, 2.24) is 4.90 Å². The molecule has 3 rings (SSSR count). The van der Waals surface area contributed by atoms with Gasteiger partial charge >= 0.3 is 0 Å². The Bertz CT molecular complexity index is 607. The summed E-state index contributed by atoms with van der Waals surface area (Å²) in [4.78, 5) is 14.7. The van der Waals surface area contributed by atoms with Gasteiger partial charge in [-0.15, -0.1) is 0 Å². The van der Waals surface area contributed by atoms with Crippen molar-refractivity contribution >= 4 is 28.7 Å². The molecule has 1 fully saturated rings. The molecular formula is C17H18ClNOS. The number of rotatable bonds is 7. The first-order chi connectivity index (χ1) is 10.2. The standard InChI is InChI=1S/C17H18ClNOS/c18-16-4-2-1-3-15(16)17(20)7-9-19(14-5-6-14)11-13-8-10-21-12-13/h1-4,8,10,12,14H,5-7,9,11H2. The van der Waals surface area contributed by atoms with E-state index in [1.54, 1.807) is 17.4 Å². The second-order valence-corrected chi connectivity index (χ2v) is 6.67. The molecule has 0 aliphatic heterocycles. The molecule has 1 heterocycles. The van der Waals surface area contributed by atoms with Gasteiger partial charge < -0.3 is 0 Å². The Labute approximate surface area is 134 Å². The van der Waals surface area contributed by atoms with Crippen LogP contribution in [0.4, 0.5) is 0 Å². The van der Waals surface area contributed by atoms with Gasteiger partial charge in [-0.05, 0) is 47.4 Å². The van der Waals surface area contributed by atoms with E-state index in [4.69, 9.17) is 11.6 Å². The van der Waals surface area contributed by atoms with Gasteiger partial charge in [0.15, 0.2) is 5.78 Å². The summed E-state index contributed by atoms with van der Waals surface area (Å²) in [6.07, 6.45) is 3.04. The smallest absolute Gasteiger partial charge is 0.165 e. The normalized spacial score (nSPS) is 14.6. The molecule has 1 aliphatic rings. The van der Waals surface area contributed by atoms with E-state index >= 15 is 0 Å². The number of hydrogen-bond donors (Lipinski definition) is 0. The molecule has 2 aromatic rings. The molecule has 0 N–H and O–H groups in total. The second kappa shape index (κ2) is 6.73. The number of nitrogens with zero attached hydrogens (tertiary/aromatic N) is 1. The summed E-state index contributed by atoms with van der Waals surface area (Å²) >= 11 is 7.82. The highest BCUT2D eigenvalue weighted by molar-refractivity contribution is 7.07. The molecule has 110 valence electrons. The first kappa shape index (κ1) is 14.8. The third-order valence-electron chi connectivity index (χ3n) is 3.83. The summed E-state index contributed by atoms with van der Waals surface area (Å²) in [5.41, 5.74) is 1.99. The van der Waals surface area contributed by atoms with Gasteiger partial charge in [0.1, 0.15) is 0 Å². The lowest BCUT2D eigenvalue weighted by Gasteiger charge is -2.21. The Balaban J connectivity index is 1.59. The summed E-state index contributed by atoms with van der Waals surface area (Å²) in [6.45, 7) is 1.76. The molecule has 0 bridgehead atoms. The number of carbonyl (C=O) groups is 1. The van der Waals surface area contributed by atoms with E-state index < -0.39 is 0 Å². The zero-order chi connectivity index (χ0) is 14.7. The van der Waals surface area contributed by atoms with Crippen LogP contribution in [0.1, 0.15) is 35.2 Å². The molecule has 0 saturated heterocycles. The average Bonchev–Trinajstić information content (AvgIpc) is 3.21. The Morgan fingerprint density at radius 3 is 2.76 bits per heavy atom. The fourth-order valence-corrected chi connectivity index (χ4v) is 3.42. The summed E-state index contributed by atoms with van der Waals surface area (Å²) in [5, 5.41) is 4.85. The molecule has 1 aromatic carbocycles. The van der Waals surface area contributed by atoms with E-state index in [9.17, 15) is 4.79 Å². The molecule has 1 saturated carbocycles. The highest BCUT2D eigenvalue weighted by Gasteiger charge is 2.29. The maximum atomic E-state index is 12.3. The lowest BCUT2D eigenvalue weighted by Crippen LogP contribution is -2.28. The highest BCUT2D eigenvalue weighted by atomic mass is 35.5. The van der Waals surface area contributed by atoms with Gasteiger partial charge in [0.25, 0.3) is 0 Å². The van der Waals surface area contributed by atoms with Crippen LogP contribution in [0.25, 0.3) is 0 Å². The molecule has 2 nitrogen and oxygen atoms in total. The van der Waals surface area contributed by atoms with Crippen LogP contribution in [0, 0.1) is 0 Å². The Hall–Kier alpha value is -1.16. The van der Waals surface area contributed by atoms with Crippen molar-refractivity contribution in [2.45, 2.75) is 31.8 Å². The number of carbonyl (C=O) groups excluding carboxylic acids is 1. The monoisotopic (exact) mass is 319 g/mol. The molecule has 21 heavy (non-hydrogen) atoms. The van der Waals surface area contributed by atoms with Crippen LogP contribution in [0.3, 0.4) is 0 Å². The molecule has 4 heteroatoms. The Morgan fingerprint density at radius 1 is 1.29 bits per heavy atom. The maximum absolute atomic E-state index is 12.3. The number of hydrogen-bond acceptors (Lipinski definition) is 3. The zero-order valence-electron chi connectivity index (χ0n) is 11.8. The molecular weight excluding hydrogens is 302 g/mol. The first-order valence-electron chi connectivity index (χ1n) is 7.27. The molecule has 0 amide bonds. The van der Waals surface area contributed by atoms with Crippen molar-refractivity contribution in [2.75, 3.05) is 6.54 Å².